The van der Waals surface area contributed by atoms with Crippen LogP contribution in [0, 0.1) is 0 Å². The molecule has 0 radical (unpaired) electrons. The highest BCUT2D eigenvalue weighted by Gasteiger charge is 2.12. The monoisotopic (exact) mass is 490 g/mol. The number of thiophene rings is 1. The first-order chi connectivity index (χ1) is 15.1. The van der Waals surface area contributed by atoms with Gasteiger partial charge in [-0.05, 0) is 53.9 Å². The fourth-order valence-electron chi connectivity index (χ4n) is 2.87. The Morgan fingerprint density at radius 3 is 2.28 bits per heavy atom. The highest BCUT2D eigenvalue weighted by Crippen LogP contribution is 2.31. The molecule has 0 spiro atoms. The number of rotatable bonds is 7. The van der Waals surface area contributed by atoms with E-state index in [1.807, 2.05) is 11.4 Å². The van der Waals surface area contributed by atoms with Gasteiger partial charge in [0, 0.05) is 11.4 Å². The van der Waals surface area contributed by atoms with E-state index in [0.29, 0.717) is 34.3 Å². The fourth-order valence-corrected chi connectivity index (χ4v) is 4.72. The van der Waals surface area contributed by atoms with Crippen molar-refractivity contribution in [3.05, 3.63) is 60.0 Å². The van der Waals surface area contributed by atoms with Crippen LogP contribution in [0.3, 0.4) is 0 Å². The Bertz CT molecular complexity index is 1500. The van der Waals surface area contributed by atoms with Gasteiger partial charge in [-0.3, -0.25) is 4.72 Å². The molecule has 4 rings (SSSR count). The number of nitrogens with zero attached hydrogens (tertiary/aromatic N) is 2. The summed E-state index contributed by atoms with van der Waals surface area (Å²) in [5.74, 6) is 0.831. The van der Waals surface area contributed by atoms with E-state index < -0.39 is 20.0 Å². The molecule has 0 fully saturated rings. The molecule has 0 bridgehead atoms. The Hall–Kier alpha value is -3.26. The van der Waals surface area contributed by atoms with Gasteiger partial charge in [-0.25, -0.2) is 27.0 Å². The summed E-state index contributed by atoms with van der Waals surface area (Å²) in [6, 6.07) is 14.6. The summed E-state index contributed by atoms with van der Waals surface area (Å²) in [4.78, 5) is 9.02. The molecule has 5 N–H and O–H groups in total. The lowest BCUT2D eigenvalue weighted by molar-refractivity contribution is 0.597. The van der Waals surface area contributed by atoms with Crippen LogP contribution in [-0.4, -0.2) is 33.1 Å². The molecule has 2 aromatic carbocycles. The minimum absolute atomic E-state index is 0.00203. The third kappa shape index (κ3) is 5.31. The molecule has 13 heteroatoms. The molecule has 166 valence electrons. The first-order valence-corrected chi connectivity index (χ1v) is 13.4. The number of hydrogen-bond donors (Lipinski definition) is 4. The third-order valence-electron chi connectivity index (χ3n) is 4.17. The fraction of sp³-hybridized carbons (Fsp3) is 0.0526. The average molecular weight is 491 g/mol. The normalized spacial score (nSPS) is 11.9. The second-order valence-electron chi connectivity index (χ2n) is 6.81. The summed E-state index contributed by atoms with van der Waals surface area (Å²) in [6.45, 7) is 0. The van der Waals surface area contributed by atoms with E-state index in [0.717, 1.165) is 11.0 Å². The van der Waals surface area contributed by atoms with Crippen LogP contribution >= 0.6 is 11.3 Å². The molecule has 0 aliphatic rings. The minimum Gasteiger partial charge on any atom is -0.339 e. The molecule has 32 heavy (non-hydrogen) atoms. The lowest BCUT2D eigenvalue weighted by Gasteiger charge is -2.11. The molecule has 2 heterocycles. The Morgan fingerprint density at radius 1 is 0.875 bits per heavy atom. The third-order valence-corrected chi connectivity index (χ3v) is 6.62. The van der Waals surface area contributed by atoms with Gasteiger partial charge in [0.2, 0.25) is 26.0 Å². The summed E-state index contributed by atoms with van der Waals surface area (Å²) < 4.78 is 49.1. The molecular formula is C19H18N6O4S3. The standard InChI is InChI=1S/C19H18N6O4S3/c1-31(26,27)25-14-4-2-3-13(11-14)21-18-17-16(9-10-30-17)23-19(24-18)22-12-5-7-15(8-6-12)32(20,28)29/h2-11,25H,1H3,(H2,20,28,29)(H2,21,22,23,24). The molecule has 0 amide bonds. The van der Waals surface area contributed by atoms with Gasteiger partial charge in [0.1, 0.15) is 0 Å². The van der Waals surface area contributed by atoms with Crippen LogP contribution in [0.1, 0.15) is 0 Å². The number of nitrogens with one attached hydrogen (secondary N) is 3. The number of aromatic nitrogens is 2. The number of anilines is 5. The van der Waals surface area contributed by atoms with Crippen molar-refractivity contribution in [3.8, 4) is 0 Å². The highest BCUT2D eigenvalue weighted by atomic mass is 32.2. The smallest absolute Gasteiger partial charge is 0.238 e. The minimum atomic E-state index is -3.78. The molecule has 0 aliphatic heterocycles. The van der Waals surface area contributed by atoms with E-state index in [9.17, 15) is 16.8 Å². The predicted octanol–water partition coefficient (Wildman–Crippen LogP) is 3.20. The largest absolute Gasteiger partial charge is 0.339 e. The topological polar surface area (TPSA) is 156 Å². The van der Waals surface area contributed by atoms with Crippen molar-refractivity contribution in [1.29, 1.82) is 0 Å². The summed E-state index contributed by atoms with van der Waals surface area (Å²) in [6.07, 6.45) is 1.08. The predicted molar refractivity (Wildman–Crippen MR) is 127 cm³/mol. The van der Waals surface area contributed by atoms with Crippen molar-refractivity contribution in [1.82, 2.24) is 9.97 Å². The Balaban J connectivity index is 1.63. The molecule has 0 saturated carbocycles. The first-order valence-electron chi connectivity index (χ1n) is 9.07. The first kappa shape index (κ1) is 22.0. The maximum atomic E-state index is 11.5. The summed E-state index contributed by atoms with van der Waals surface area (Å²) in [5, 5.41) is 13.3. The Morgan fingerprint density at radius 2 is 1.59 bits per heavy atom. The van der Waals surface area contributed by atoms with E-state index in [-0.39, 0.29) is 4.90 Å². The quantitative estimate of drug-likeness (QED) is 0.308. The van der Waals surface area contributed by atoms with Gasteiger partial charge in [-0.15, -0.1) is 11.3 Å². The molecule has 0 aliphatic carbocycles. The van der Waals surface area contributed by atoms with Crippen molar-refractivity contribution in [3.63, 3.8) is 0 Å². The van der Waals surface area contributed by atoms with Gasteiger partial charge >= 0.3 is 0 Å². The zero-order valence-corrected chi connectivity index (χ0v) is 19.1. The van der Waals surface area contributed by atoms with E-state index in [4.69, 9.17) is 5.14 Å². The van der Waals surface area contributed by atoms with Crippen molar-refractivity contribution in [2.45, 2.75) is 4.90 Å². The van der Waals surface area contributed by atoms with E-state index in [1.54, 1.807) is 36.4 Å². The number of nitrogens with two attached hydrogens (primary N) is 1. The van der Waals surface area contributed by atoms with Gasteiger partial charge in [0.05, 0.1) is 27.1 Å². The van der Waals surface area contributed by atoms with Crippen molar-refractivity contribution in [2.24, 2.45) is 5.14 Å². The van der Waals surface area contributed by atoms with Gasteiger partial charge < -0.3 is 10.6 Å². The molecular weight excluding hydrogens is 472 g/mol. The molecule has 4 aromatic rings. The van der Waals surface area contributed by atoms with E-state index in [2.05, 4.69) is 25.3 Å². The number of sulfonamides is 2. The van der Waals surface area contributed by atoms with Crippen LogP contribution in [0.2, 0.25) is 0 Å². The van der Waals surface area contributed by atoms with Gasteiger partial charge in [0.25, 0.3) is 0 Å². The van der Waals surface area contributed by atoms with Crippen LogP contribution in [-0.2, 0) is 20.0 Å². The van der Waals surface area contributed by atoms with Gasteiger partial charge in [-0.2, -0.15) is 4.98 Å². The molecule has 0 atom stereocenters. The highest BCUT2D eigenvalue weighted by molar-refractivity contribution is 7.92. The maximum absolute atomic E-state index is 11.5. The molecule has 0 unspecified atom stereocenters. The van der Waals surface area contributed by atoms with Crippen molar-refractivity contribution >= 4 is 70.4 Å². The van der Waals surface area contributed by atoms with Crippen molar-refractivity contribution in [2.75, 3.05) is 21.6 Å². The van der Waals surface area contributed by atoms with Crippen LogP contribution in [0.25, 0.3) is 10.2 Å². The van der Waals surface area contributed by atoms with Crippen LogP contribution in [0.4, 0.5) is 28.8 Å². The lowest BCUT2D eigenvalue weighted by Crippen LogP contribution is -2.11. The van der Waals surface area contributed by atoms with Gasteiger partial charge in [0.15, 0.2) is 5.82 Å². The molecule has 10 nitrogen and oxygen atoms in total. The molecule has 0 saturated heterocycles. The lowest BCUT2D eigenvalue weighted by atomic mass is 10.3. The van der Waals surface area contributed by atoms with Crippen LogP contribution in [0.15, 0.2) is 64.9 Å². The van der Waals surface area contributed by atoms with Crippen LogP contribution < -0.4 is 20.5 Å². The van der Waals surface area contributed by atoms with Gasteiger partial charge in [-0.1, -0.05) is 6.07 Å². The second kappa shape index (κ2) is 8.35. The summed E-state index contributed by atoms with van der Waals surface area (Å²) >= 11 is 1.46. The summed E-state index contributed by atoms with van der Waals surface area (Å²) in [7, 11) is -7.18. The van der Waals surface area contributed by atoms with E-state index >= 15 is 0 Å². The maximum Gasteiger partial charge on any atom is 0.238 e. The number of primary sulfonamides is 1. The van der Waals surface area contributed by atoms with E-state index in [1.165, 1.54) is 23.5 Å². The number of fused-ring (bicyclic) bond motifs is 1. The van der Waals surface area contributed by atoms with Crippen molar-refractivity contribution < 1.29 is 16.8 Å². The molecule has 2 aromatic heterocycles. The SMILES string of the molecule is CS(=O)(=O)Nc1cccc(Nc2nc(Nc3ccc(S(N)(=O)=O)cc3)nc3ccsc23)c1. The zero-order chi connectivity index (χ0) is 22.9. The number of benzene rings is 2. The Kier molecular flexibility index (Phi) is 5.73. The second-order valence-corrected chi connectivity index (χ2v) is 11.0. The number of hydrogen-bond acceptors (Lipinski definition) is 9. The summed E-state index contributed by atoms with van der Waals surface area (Å²) in [5.41, 5.74) is 2.34. The zero-order valence-electron chi connectivity index (χ0n) is 16.6. The average Bonchev–Trinajstić information content (AvgIpc) is 3.15. The van der Waals surface area contributed by atoms with Crippen LogP contribution in [0.5, 0.6) is 0 Å². The Labute approximate surface area is 188 Å².